The number of carbonyl (C=O) groups is 2. The van der Waals surface area contributed by atoms with Crippen LogP contribution < -0.4 is 15.4 Å². The summed E-state index contributed by atoms with van der Waals surface area (Å²) in [6.45, 7) is 8.82. The monoisotopic (exact) mass is 626 g/mol. The van der Waals surface area contributed by atoms with Gasteiger partial charge in [0, 0.05) is 25.1 Å². The standard InChI is InChI=1S/C31H33F3N6O3S/c1-18(2)16-40-13-6-5-12-30(40,4)28(42)38-23-14-20(31(32,33)34)10-11-21(23)22-15-26(36-17-35-22)43-24-8-7-9-25-27(24)39-29(44-25)37-19(3)41/h7-11,14-15,17-18H,5-6,12-13,16H2,1-4H3,(H,38,42)(H,37,39,41). The van der Waals surface area contributed by atoms with Crippen LogP contribution in [0, 0.1) is 5.92 Å². The molecule has 0 bridgehead atoms. The number of para-hydroxylation sites is 1. The summed E-state index contributed by atoms with van der Waals surface area (Å²) in [6.07, 6.45) is -0.976. The third-order valence-corrected chi connectivity index (χ3v) is 8.44. The Morgan fingerprint density at radius 1 is 1.11 bits per heavy atom. The van der Waals surface area contributed by atoms with Crippen LogP contribution in [0.2, 0.25) is 0 Å². The molecule has 232 valence electrons. The molecule has 2 N–H and O–H groups in total. The molecule has 0 radical (unpaired) electrons. The van der Waals surface area contributed by atoms with E-state index in [0.717, 1.165) is 36.2 Å². The zero-order chi connectivity index (χ0) is 31.6. The number of likely N-dealkylation sites (tertiary alicyclic amines) is 1. The van der Waals surface area contributed by atoms with Gasteiger partial charge in [-0.15, -0.1) is 0 Å². The highest BCUT2D eigenvalue weighted by atomic mass is 32.1. The third kappa shape index (κ3) is 6.83. The number of piperidine rings is 1. The van der Waals surface area contributed by atoms with Gasteiger partial charge < -0.3 is 15.4 Å². The maximum atomic E-state index is 13.8. The molecule has 4 aromatic rings. The van der Waals surface area contributed by atoms with Crippen molar-refractivity contribution in [3.63, 3.8) is 0 Å². The SMILES string of the molecule is CC(=O)Nc1nc2c(Oc3cc(-c4ccc(C(F)(F)F)cc4NC(=O)C4(C)CCCCN4CC(C)C)ncn3)cccc2s1. The molecular formula is C31H33F3N6O3S. The number of fused-ring (bicyclic) bond motifs is 1. The molecule has 1 fully saturated rings. The minimum absolute atomic E-state index is 0.00711. The normalized spacial score (nSPS) is 17.5. The number of alkyl halides is 3. The second-order valence-electron chi connectivity index (χ2n) is 11.4. The number of amides is 2. The first-order chi connectivity index (χ1) is 20.8. The molecule has 2 amide bonds. The van der Waals surface area contributed by atoms with Gasteiger partial charge in [-0.25, -0.2) is 15.0 Å². The molecule has 9 nitrogen and oxygen atoms in total. The maximum Gasteiger partial charge on any atom is 0.416 e. The van der Waals surface area contributed by atoms with E-state index >= 15 is 0 Å². The van der Waals surface area contributed by atoms with Gasteiger partial charge in [0.05, 0.1) is 27.2 Å². The topological polar surface area (TPSA) is 109 Å². The average molecular weight is 627 g/mol. The Labute approximate surface area is 256 Å². The summed E-state index contributed by atoms with van der Waals surface area (Å²) >= 11 is 1.28. The quantitative estimate of drug-likeness (QED) is 0.210. The van der Waals surface area contributed by atoms with E-state index in [4.69, 9.17) is 4.74 Å². The number of hydrogen-bond acceptors (Lipinski definition) is 8. The maximum absolute atomic E-state index is 13.8. The van der Waals surface area contributed by atoms with Crippen molar-refractivity contribution in [1.82, 2.24) is 19.9 Å². The predicted molar refractivity (Wildman–Crippen MR) is 164 cm³/mol. The van der Waals surface area contributed by atoms with Crippen molar-refractivity contribution >= 4 is 44.2 Å². The lowest BCUT2D eigenvalue weighted by Gasteiger charge is -2.44. The minimum atomic E-state index is -4.61. The molecule has 13 heteroatoms. The lowest BCUT2D eigenvalue weighted by molar-refractivity contribution is -0.137. The van der Waals surface area contributed by atoms with Gasteiger partial charge in [-0.2, -0.15) is 13.2 Å². The zero-order valence-electron chi connectivity index (χ0n) is 24.8. The molecule has 2 aromatic carbocycles. The molecule has 5 rings (SSSR count). The van der Waals surface area contributed by atoms with Crippen LogP contribution in [0.1, 0.15) is 52.5 Å². The predicted octanol–water partition coefficient (Wildman–Crippen LogP) is 7.36. The number of benzene rings is 2. The number of carbonyl (C=O) groups excluding carboxylic acids is 2. The number of thiazole rings is 1. The van der Waals surface area contributed by atoms with E-state index in [1.807, 2.05) is 13.0 Å². The Kier molecular flexibility index (Phi) is 8.89. The second-order valence-corrected chi connectivity index (χ2v) is 12.5. The van der Waals surface area contributed by atoms with Crippen molar-refractivity contribution in [2.45, 2.75) is 58.7 Å². The van der Waals surface area contributed by atoms with Gasteiger partial charge in [0.25, 0.3) is 0 Å². The Morgan fingerprint density at radius 3 is 2.64 bits per heavy atom. The number of rotatable bonds is 8. The third-order valence-electron chi connectivity index (χ3n) is 7.51. The molecule has 1 aliphatic heterocycles. The van der Waals surface area contributed by atoms with Crippen molar-refractivity contribution in [3.8, 4) is 22.9 Å². The van der Waals surface area contributed by atoms with E-state index in [1.165, 1.54) is 36.7 Å². The van der Waals surface area contributed by atoms with E-state index in [1.54, 1.807) is 12.1 Å². The molecule has 0 saturated carbocycles. The van der Waals surface area contributed by atoms with Crippen LogP contribution in [0.3, 0.4) is 0 Å². The van der Waals surface area contributed by atoms with Crippen LogP contribution in [-0.4, -0.2) is 50.3 Å². The zero-order valence-corrected chi connectivity index (χ0v) is 25.6. The number of nitrogens with one attached hydrogen (secondary N) is 2. The molecule has 3 heterocycles. The van der Waals surface area contributed by atoms with E-state index in [0.29, 0.717) is 35.3 Å². The van der Waals surface area contributed by atoms with Crippen LogP contribution >= 0.6 is 11.3 Å². The first kappa shape index (κ1) is 31.3. The van der Waals surface area contributed by atoms with Crippen LogP contribution in [0.15, 0.2) is 48.8 Å². The fraction of sp³-hybridized carbons (Fsp3) is 0.387. The second kappa shape index (κ2) is 12.5. The van der Waals surface area contributed by atoms with Gasteiger partial charge in [0.15, 0.2) is 10.9 Å². The Bertz CT molecular complexity index is 1690. The molecule has 0 aliphatic carbocycles. The van der Waals surface area contributed by atoms with Gasteiger partial charge in [0.2, 0.25) is 17.7 Å². The molecule has 1 saturated heterocycles. The smallest absolute Gasteiger partial charge is 0.416 e. The number of ether oxygens (including phenoxy) is 1. The van der Waals surface area contributed by atoms with Crippen LogP contribution in [0.4, 0.5) is 24.0 Å². The Balaban J connectivity index is 1.49. The van der Waals surface area contributed by atoms with Crippen LogP contribution in [-0.2, 0) is 15.8 Å². The molecule has 2 aromatic heterocycles. The summed E-state index contributed by atoms with van der Waals surface area (Å²) in [5.74, 6) is 0.189. The highest BCUT2D eigenvalue weighted by molar-refractivity contribution is 7.22. The summed E-state index contributed by atoms with van der Waals surface area (Å²) in [4.78, 5) is 40.3. The summed E-state index contributed by atoms with van der Waals surface area (Å²) in [7, 11) is 0. The highest BCUT2D eigenvalue weighted by Gasteiger charge is 2.42. The first-order valence-corrected chi connectivity index (χ1v) is 15.1. The Hall–Kier alpha value is -4.10. The largest absolute Gasteiger partial charge is 0.437 e. The summed E-state index contributed by atoms with van der Waals surface area (Å²) < 4.78 is 48.2. The highest BCUT2D eigenvalue weighted by Crippen LogP contribution is 2.39. The molecule has 1 atom stereocenters. The van der Waals surface area contributed by atoms with E-state index < -0.39 is 17.3 Å². The average Bonchev–Trinajstić information content (AvgIpc) is 3.36. The lowest BCUT2D eigenvalue weighted by atomic mass is 9.86. The van der Waals surface area contributed by atoms with Crippen molar-refractivity contribution in [2.24, 2.45) is 5.92 Å². The first-order valence-electron chi connectivity index (χ1n) is 14.3. The van der Waals surface area contributed by atoms with Crippen molar-refractivity contribution in [2.75, 3.05) is 23.7 Å². The Morgan fingerprint density at radius 2 is 1.91 bits per heavy atom. The number of hydrogen-bond donors (Lipinski definition) is 2. The van der Waals surface area contributed by atoms with Crippen molar-refractivity contribution in [1.29, 1.82) is 0 Å². The number of anilines is 2. The number of nitrogens with zero attached hydrogens (tertiary/aromatic N) is 4. The summed E-state index contributed by atoms with van der Waals surface area (Å²) in [5, 5.41) is 5.89. The van der Waals surface area contributed by atoms with E-state index in [2.05, 4.69) is 44.3 Å². The fourth-order valence-corrected chi connectivity index (χ4v) is 6.27. The van der Waals surface area contributed by atoms with E-state index in [-0.39, 0.29) is 34.6 Å². The minimum Gasteiger partial charge on any atom is -0.437 e. The molecule has 0 spiro atoms. The number of aromatic nitrogens is 3. The molecular weight excluding hydrogens is 593 g/mol. The summed E-state index contributed by atoms with van der Waals surface area (Å²) in [5.41, 5.74) is -0.719. The van der Waals surface area contributed by atoms with E-state index in [9.17, 15) is 22.8 Å². The van der Waals surface area contributed by atoms with Gasteiger partial charge in [0.1, 0.15) is 11.8 Å². The fourth-order valence-electron chi connectivity index (χ4n) is 5.34. The molecule has 1 aliphatic rings. The van der Waals surface area contributed by atoms with Gasteiger partial charge >= 0.3 is 6.18 Å². The van der Waals surface area contributed by atoms with Crippen LogP contribution in [0.5, 0.6) is 11.6 Å². The van der Waals surface area contributed by atoms with Gasteiger partial charge in [-0.05, 0) is 62.9 Å². The van der Waals surface area contributed by atoms with Gasteiger partial charge in [-0.1, -0.05) is 37.3 Å². The molecule has 44 heavy (non-hydrogen) atoms. The summed E-state index contributed by atoms with van der Waals surface area (Å²) in [6, 6.07) is 9.98. The molecule has 1 unspecified atom stereocenters. The van der Waals surface area contributed by atoms with Crippen LogP contribution in [0.25, 0.3) is 21.5 Å². The number of halogens is 3. The van der Waals surface area contributed by atoms with Crippen molar-refractivity contribution in [3.05, 3.63) is 54.4 Å². The lowest BCUT2D eigenvalue weighted by Crippen LogP contribution is -2.58. The van der Waals surface area contributed by atoms with Crippen molar-refractivity contribution < 1.29 is 27.5 Å². The van der Waals surface area contributed by atoms with Gasteiger partial charge in [-0.3, -0.25) is 14.5 Å².